The number of fused-ring (bicyclic) bond motifs is 2. The largest absolute Gasteiger partial charge is 0.389 e. The van der Waals surface area contributed by atoms with Crippen molar-refractivity contribution in [3.05, 3.63) is 28.5 Å². The van der Waals surface area contributed by atoms with E-state index in [0.717, 1.165) is 49.9 Å². The van der Waals surface area contributed by atoms with Crippen LogP contribution in [0.4, 0.5) is 14.6 Å². The summed E-state index contributed by atoms with van der Waals surface area (Å²) in [5, 5.41) is 15.7. The molecule has 2 aliphatic heterocycles. The fourth-order valence-electron chi connectivity index (χ4n) is 4.84. The number of nitrogens with zero attached hydrogens (tertiary/aromatic N) is 3. The van der Waals surface area contributed by atoms with Gasteiger partial charge < -0.3 is 20.6 Å². The SMILES string of the molecule is CC(C)(O)CNC(=O)c1nc(C(=O)N2C3CCC2CC3)c(-c2cnc(NC3CC3)cc2C(F)F)s1. The van der Waals surface area contributed by atoms with Crippen molar-refractivity contribution < 1.29 is 23.5 Å². The Kier molecular flexibility index (Phi) is 6.25. The van der Waals surface area contributed by atoms with E-state index in [1.807, 2.05) is 4.90 Å². The third kappa shape index (κ3) is 5.02. The molecule has 0 unspecified atom stereocenters. The summed E-state index contributed by atoms with van der Waals surface area (Å²) in [7, 11) is 0. The average Bonchev–Trinajstić information content (AvgIpc) is 3.22. The van der Waals surface area contributed by atoms with Crippen LogP contribution in [0.25, 0.3) is 10.4 Å². The summed E-state index contributed by atoms with van der Waals surface area (Å²) in [6.07, 6.45) is 4.16. The zero-order chi connectivity index (χ0) is 24.9. The summed E-state index contributed by atoms with van der Waals surface area (Å²) < 4.78 is 28.3. The van der Waals surface area contributed by atoms with Gasteiger partial charge in [0.25, 0.3) is 18.2 Å². The smallest absolute Gasteiger partial charge is 0.280 e. The van der Waals surface area contributed by atoms with Crippen LogP contribution in [0.5, 0.6) is 0 Å². The highest BCUT2D eigenvalue weighted by Gasteiger charge is 2.44. The normalized spacial score (nSPS) is 21.6. The Balaban J connectivity index is 1.54. The van der Waals surface area contributed by atoms with Crippen molar-refractivity contribution in [2.24, 2.45) is 0 Å². The van der Waals surface area contributed by atoms with Gasteiger partial charge in [-0.15, -0.1) is 11.3 Å². The van der Waals surface area contributed by atoms with E-state index in [4.69, 9.17) is 0 Å². The lowest BCUT2D eigenvalue weighted by Crippen LogP contribution is -2.38. The van der Waals surface area contributed by atoms with E-state index in [1.165, 1.54) is 12.3 Å². The van der Waals surface area contributed by atoms with Crippen LogP contribution in [-0.2, 0) is 0 Å². The van der Waals surface area contributed by atoms with E-state index in [0.29, 0.717) is 5.82 Å². The number of aromatic nitrogens is 2. The van der Waals surface area contributed by atoms with E-state index < -0.39 is 17.9 Å². The van der Waals surface area contributed by atoms with E-state index in [9.17, 15) is 23.5 Å². The van der Waals surface area contributed by atoms with Gasteiger partial charge in [-0.2, -0.15) is 0 Å². The molecule has 2 aromatic heterocycles. The van der Waals surface area contributed by atoms with Crippen LogP contribution in [0.15, 0.2) is 12.3 Å². The van der Waals surface area contributed by atoms with Gasteiger partial charge in [0.1, 0.15) is 11.5 Å². The van der Waals surface area contributed by atoms with E-state index in [1.54, 1.807) is 13.8 Å². The molecule has 2 amide bonds. The minimum Gasteiger partial charge on any atom is -0.389 e. The van der Waals surface area contributed by atoms with Crippen molar-refractivity contribution in [1.29, 1.82) is 0 Å². The number of amides is 2. The molecule has 0 aromatic carbocycles. The predicted molar refractivity (Wildman–Crippen MR) is 128 cm³/mol. The first kappa shape index (κ1) is 24.1. The van der Waals surface area contributed by atoms with Crippen LogP contribution in [0.1, 0.15) is 84.7 Å². The Hall–Kier alpha value is -2.66. The second kappa shape index (κ2) is 9.09. The molecular formula is C24H29F2N5O3S. The van der Waals surface area contributed by atoms with Gasteiger partial charge in [-0.1, -0.05) is 0 Å². The molecule has 3 fully saturated rings. The summed E-state index contributed by atoms with van der Waals surface area (Å²) in [4.78, 5) is 37.1. The summed E-state index contributed by atoms with van der Waals surface area (Å²) in [5.74, 6) is -0.534. The molecule has 11 heteroatoms. The number of alkyl halides is 2. The molecule has 5 rings (SSSR count). The first-order valence-electron chi connectivity index (χ1n) is 12.0. The van der Waals surface area contributed by atoms with Gasteiger partial charge in [-0.05, 0) is 58.4 Å². The van der Waals surface area contributed by atoms with Crippen LogP contribution in [0.2, 0.25) is 0 Å². The number of rotatable bonds is 8. The van der Waals surface area contributed by atoms with Crippen molar-refractivity contribution in [1.82, 2.24) is 20.2 Å². The van der Waals surface area contributed by atoms with Gasteiger partial charge in [0, 0.05) is 42.0 Å². The highest BCUT2D eigenvalue weighted by molar-refractivity contribution is 7.17. The lowest BCUT2D eigenvalue weighted by atomic mass is 10.0. The number of anilines is 1. The summed E-state index contributed by atoms with van der Waals surface area (Å²) in [6.45, 7) is 3.08. The lowest BCUT2D eigenvalue weighted by Gasteiger charge is -2.21. The molecule has 4 heterocycles. The number of halogens is 2. The number of carbonyl (C=O) groups excluding carboxylic acids is 2. The number of nitrogens with one attached hydrogen (secondary N) is 2. The van der Waals surface area contributed by atoms with Gasteiger partial charge in [0.05, 0.1) is 10.5 Å². The summed E-state index contributed by atoms with van der Waals surface area (Å²) >= 11 is 0.899. The van der Waals surface area contributed by atoms with Gasteiger partial charge in [0.2, 0.25) is 0 Å². The molecule has 0 spiro atoms. The van der Waals surface area contributed by atoms with Crippen LogP contribution < -0.4 is 10.6 Å². The Bertz CT molecular complexity index is 1120. The molecule has 188 valence electrons. The molecule has 3 N–H and O–H groups in total. The summed E-state index contributed by atoms with van der Waals surface area (Å²) in [6, 6.07) is 1.80. The molecule has 35 heavy (non-hydrogen) atoms. The quantitative estimate of drug-likeness (QED) is 0.501. The highest BCUT2D eigenvalue weighted by Crippen LogP contribution is 2.42. The van der Waals surface area contributed by atoms with Crippen LogP contribution >= 0.6 is 11.3 Å². The molecular weight excluding hydrogens is 476 g/mol. The van der Waals surface area contributed by atoms with Crippen molar-refractivity contribution in [2.75, 3.05) is 11.9 Å². The van der Waals surface area contributed by atoms with Crippen LogP contribution in [0, 0.1) is 0 Å². The van der Waals surface area contributed by atoms with E-state index >= 15 is 0 Å². The van der Waals surface area contributed by atoms with Gasteiger partial charge >= 0.3 is 0 Å². The standard InChI is InChI=1S/C24H29F2N5O3S/c1-24(2,34)11-28-21(32)22-30-18(23(33)31-13-5-6-14(31)8-7-13)19(35-22)16-10-27-17(29-12-3-4-12)9-15(16)20(25)26/h9-10,12-14,20,34H,3-8,11H2,1-2H3,(H,27,29)(H,28,32). The lowest BCUT2D eigenvalue weighted by molar-refractivity contribution is 0.0692. The maximum atomic E-state index is 14.2. The maximum absolute atomic E-state index is 14.2. The monoisotopic (exact) mass is 505 g/mol. The molecule has 2 aromatic rings. The van der Waals surface area contributed by atoms with E-state index in [-0.39, 0.29) is 57.3 Å². The first-order valence-corrected chi connectivity index (χ1v) is 12.8. The minimum absolute atomic E-state index is 0.00816. The van der Waals surface area contributed by atoms with Crippen LogP contribution in [0.3, 0.4) is 0 Å². The molecule has 1 aliphatic carbocycles. The zero-order valence-electron chi connectivity index (χ0n) is 19.7. The Labute approximate surface area is 206 Å². The third-order valence-electron chi connectivity index (χ3n) is 6.74. The second-order valence-electron chi connectivity index (χ2n) is 10.2. The van der Waals surface area contributed by atoms with Crippen molar-refractivity contribution in [3.8, 4) is 10.4 Å². The number of aliphatic hydroxyl groups is 1. The molecule has 3 aliphatic rings. The second-order valence-corrected chi connectivity index (χ2v) is 11.2. The Morgan fingerprint density at radius 3 is 2.43 bits per heavy atom. The topological polar surface area (TPSA) is 107 Å². The number of carbonyl (C=O) groups is 2. The minimum atomic E-state index is -2.80. The number of hydrogen-bond donors (Lipinski definition) is 3. The van der Waals surface area contributed by atoms with Crippen molar-refractivity contribution in [3.63, 3.8) is 0 Å². The predicted octanol–water partition coefficient (Wildman–Crippen LogP) is 3.98. The van der Waals surface area contributed by atoms with E-state index in [2.05, 4.69) is 20.6 Å². The number of pyridine rings is 1. The van der Waals surface area contributed by atoms with Gasteiger partial charge in [0.15, 0.2) is 5.01 Å². The zero-order valence-corrected chi connectivity index (χ0v) is 20.5. The molecule has 1 saturated carbocycles. The average molecular weight is 506 g/mol. The highest BCUT2D eigenvalue weighted by atomic mass is 32.1. The Morgan fingerprint density at radius 1 is 1.20 bits per heavy atom. The molecule has 0 atom stereocenters. The molecule has 2 saturated heterocycles. The Morgan fingerprint density at radius 2 is 1.86 bits per heavy atom. The fraction of sp³-hybridized carbons (Fsp3) is 0.583. The van der Waals surface area contributed by atoms with Gasteiger partial charge in [-0.25, -0.2) is 18.7 Å². The van der Waals surface area contributed by atoms with Crippen molar-refractivity contribution in [2.45, 2.75) is 82.5 Å². The molecule has 8 nitrogen and oxygen atoms in total. The third-order valence-corrected chi connectivity index (χ3v) is 7.83. The molecule has 0 radical (unpaired) electrons. The summed E-state index contributed by atoms with van der Waals surface area (Å²) in [5.41, 5.74) is -1.28. The number of hydrogen-bond acceptors (Lipinski definition) is 7. The molecule has 2 bridgehead atoms. The van der Waals surface area contributed by atoms with Crippen LogP contribution in [-0.4, -0.2) is 62.1 Å². The number of thiazole rings is 1. The maximum Gasteiger partial charge on any atom is 0.280 e. The first-order chi connectivity index (χ1) is 16.6. The van der Waals surface area contributed by atoms with Gasteiger partial charge in [-0.3, -0.25) is 9.59 Å². The van der Waals surface area contributed by atoms with Crippen molar-refractivity contribution >= 4 is 29.0 Å². The fourth-order valence-corrected chi connectivity index (χ4v) is 5.85.